The maximum Gasteiger partial charge on any atom is 0.408 e. The SMILES string of the molecule is CC(C)CN(C[C@@H](O)[C@H](Cc1ccccc1)N(C(=O)O)C(C)(C)C)S(=O)(=O)c1ccc(N)cc1. The summed E-state index contributed by atoms with van der Waals surface area (Å²) in [5.41, 5.74) is 6.19. The number of benzene rings is 2. The van der Waals surface area contributed by atoms with E-state index in [4.69, 9.17) is 5.73 Å². The van der Waals surface area contributed by atoms with E-state index in [1.165, 1.54) is 33.5 Å². The Balaban J connectivity index is 2.46. The average molecular weight is 492 g/mol. The molecule has 0 heterocycles. The lowest BCUT2D eigenvalue weighted by atomic mass is 9.94. The lowest BCUT2D eigenvalue weighted by Crippen LogP contribution is -2.58. The summed E-state index contributed by atoms with van der Waals surface area (Å²) in [5.74, 6) is -0.0125. The van der Waals surface area contributed by atoms with E-state index in [2.05, 4.69) is 0 Å². The molecular weight excluding hydrogens is 454 g/mol. The van der Waals surface area contributed by atoms with Crippen LogP contribution in [-0.4, -0.2) is 64.7 Å². The number of carbonyl (C=O) groups is 1. The second kappa shape index (κ2) is 11.2. The van der Waals surface area contributed by atoms with Crippen molar-refractivity contribution in [3.8, 4) is 0 Å². The van der Waals surface area contributed by atoms with Crippen LogP contribution >= 0.6 is 0 Å². The van der Waals surface area contributed by atoms with Gasteiger partial charge < -0.3 is 15.9 Å². The van der Waals surface area contributed by atoms with Crippen LogP contribution in [0.1, 0.15) is 40.2 Å². The Morgan fingerprint density at radius 3 is 2.03 bits per heavy atom. The molecule has 0 aliphatic rings. The van der Waals surface area contributed by atoms with Crippen LogP contribution in [0.5, 0.6) is 0 Å². The molecule has 0 radical (unpaired) electrons. The largest absolute Gasteiger partial charge is 0.465 e. The molecular formula is C25H37N3O5S. The standard InChI is InChI=1S/C25H37N3O5S/c1-18(2)16-27(34(32,33)21-13-11-20(26)12-14-21)17-23(29)22(15-19-9-7-6-8-10-19)28(24(30)31)25(3,4)5/h6-14,18,22-23,29H,15-17,26H2,1-5H3,(H,30,31)/t22-,23+/m0/s1. The molecule has 0 unspecified atom stereocenters. The van der Waals surface area contributed by atoms with E-state index >= 15 is 0 Å². The predicted octanol–water partition coefficient (Wildman–Crippen LogP) is 3.67. The topological polar surface area (TPSA) is 124 Å². The fourth-order valence-electron chi connectivity index (χ4n) is 3.98. The van der Waals surface area contributed by atoms with Crippen molar-refractivity contribution >= 4 is 21.8 Å². The van der Waals surface area contributed by atoms with Gasteiger partial charge in [0.2, 0.25) is 10.0 Å². The number of carboxylic acid groups (broad SMARTS) is 1. The van der Waals surface area contributed by atoms with Gasteiger partial charge in [0.1, 0.15) is 0 Å². The van der Waals surface area contributed by atoms with Gasteiger partial charge in [-0.25, -0.2) is 13.2 Å². The van der Waals surface area contributed by atoms with Crippen LogP contribution in [-0.2, 0) is 16.4 Å². The van der Waals surface area contributed by atoms with Gasteiger partial charge in [0.05, 0.1) is 17.0 Å². The lowest BCUT2D eigenvalue weighted by Gasteiger charge is -2.42. The Kier molecular flexibility index (Phi) is 9.10. The van der Waals surface area contributed by atoms with E-state index < -0.39 is 33.8 Å². The molecule has 0 bridgehead atoms. The van der Waals surface area contributed by atoms with E-state index in [9.17, 15) is 23.4 Å². The Hall–Kier alpha value is -2.62. The number of nitrogens with zero attached hydrogens (tertiary/aromatic N) is 2. The third kappa shape index (κ3) is 7.19. The summed E-state index contributed by atoms with van der Waals surface area (Å²) in [4.78, 5) is 13.6. The molecule has 0 saturated heterocycles. The van der Waals surface area contributed by atoms with Crippen molar-refractivity contribution in [1.29, 1.82) is 0 Å². The van der Waals surface area contributed by atoms with Gasteiger partial charge in [-0.1, -0.05) is 44.2 Å². The van der Waals surface area contributed by atoms with E-state index in [0.717, 1.165) is 5.56 Å². The number of nitrogens with two attached hydrogens (primary N) is 1. The summed E-state index contributed by atoms with van der Waals surface area (Å²) in [6.07, 6.45) is -2.20. The van der Waals surface area contributed by atoms with Gasteiger partial charge in [-0.2, -0.15) is 4.31 Å². The van der Waals surface area contributed by atoms with Crippen LogP contribution in [0.25, 0.3) is 0 Å². The van der Waals surface area contributed by atoms with Crippen molar-refractivity contribution in [3.05, 3.63) is 60.2 Å². The van der Waals surface area contributed by atoms with Crippen LogP contribution in [0.4, 0.5) is 10.5 Å². The molecule has 2 rings (SSSR count). The second-order valence-corrected chi connectivity index (χ2v) is 11.9. The summed E-state index contributed by atoms with van der Waals surface area (Å²) in [6.45, 7) is 8.96. The van der Waals surface area contributed by atoms with Gasteiger partial charge in [-0.05, 0) is 62.9 Å². The molecule has 1 amide bonds. The minimum absolute atomic E-state index is 0.0125. The number of amides is 1. The summed E-state index contributed by atoms with van der Waals surface area (Å²) >= 11 is 0. The van der Waals surface area contributed by atoms with E-state index in [1.54, 1.807) is 20.8 Å². The van der Waals surface area contributed by atoms with Crippen molar-refractivity contribution < 1.29 is 23.4 Å². The summed E-state index contributed by atoms with van der Waals surface area (Å²) in [5, 5.41) is 21.4. The first-order chi connectivity index (χ1) is 15.7. The Morgan fingerprint density at radius 2 is 1.56 bits per heavy atom. The molecule has 0 spiro atoms. The highest BCUT2D eigenvalue weighted by Gasteiger charge is 2.39. The molecule has 0 aliphatic carbocycles. The minimum atomic E-state index is -3.94. The third-order valence-corrected chi connectivity index (χ3v) is 7.32. The highest BCUT2D eigenvalue weighted by atomic mass is 32.2. The van der Waals surface area contributed by atoms with Crippen molar-refractivity contribution in [3.63, 3.8) is 0 Å². The van der Waals surface area contributed by atoms with E-state index in [-0.39, 0.29) is 30.3 Å². The molecule has 0 aromatic heterocycles. The number of sulfonamides is 1. The molecule has 2 atom stereocenters. The van der Waals surface area contributed by atoms with Gasteiger partial charge >= 0.3 is 6.09 Å². The summed E-state index contributed by atoms with van der Waals surface area (Å²) in [6, 6.07) is 14.3. The van der Waals surface area contributed by atoms with Gasteiger partial charge in [0.15, 0.2) is 0 Å². The van der Waals surface area contributed by atoms with Crippen LogP contribution in [0.2, 0.25) is 0 Å². The normalized spacial score (nSPS) is 14.2. The number of anilines is 1. The van der Waals surface area contributed by atoms with Crippen LogP contribution in [0, 0.1) is 5.92 Å². The molecule has 9 heteroatoms. The van der Waals surface area contributed by atoms with E-state index in [1.807, 2.05) is 44.2 Å². The average Bonchev–Trinajstić information content (AvgIpc) is 2.72. The number of aliphatic hydroxyl groups is 1. The maximum absolute atomic E-state index is 13.4. The monoisotopic (exact) mass is 491 g/mol. The van der Waals surface area contributed by atoms with Crippen molar-refractivity contribution in [2.75, 3.05) is 18.8 Å². The molecule has 34 heavy (non-hydrogen) atoms. The van der Waals surface area contributed by atoms with Crippen molar-refractivity contribution in [2.24, 2.45) is 5.92 Å². The zero-order valence-corrected chi connectivity index (χ0v) is 21.4. The summed E-state index contributed by atoms with van der Waals surface area (Å²) < 4.78 is 28.1. The molecule has 4 N–H and O–H groups in total. The first kappa shape index (κ1) is 27.6. The fraction of sp³-hybridized carbons (Fsp3) is 0.480. The molecule has 188 valence electrons. The highest BCUT2D eigenvalue weighted by molar-refractivity contribution is 7.89. The van der Waals surface area contributed by atoms with Crippen molar-refractivity contribution in [2.45, 2.75) is 63.6 Å². The Morgan fingerprint density at radius 1 is 1.00 bits per heavy atom. The highest BCUT2D eigenvalue weighted by Crippen LogP contribution is 2.25. The van der Waals surface area contributed by atoms with Crippen LogP contribution in [0.3, 0.4) is 0 Å². The number of hydrogen-bond acceptors (Lipinski definition) is 5. The maximum atomic E-state index is 13.4. The van der Waals surface area contributed by atoms with Crippen LogP contribution < -0.4 is 5.73 Å². The van der Waals surface area contributed by atoms with Gasteiger partial charge in [-0.3, -0.25) is 4.90 Å². The number of hydrogen-bond donors (Lipinski definition) is 3. The van der Waals surface area contributed by atoms with E-state index in [0.29, 0.717) is 5.69 Å². The number of rotatable bonds is 10. The lowest BCUT2D eigenvalue weighted by molar-refractivity contribution is 0.000541. The molecule has 8 nitrogen and oxygen atoms in total. The zero-order valence-electron chi connectivity index (χ0n) is 20.5. The zero-order chi connectivity index (χ0) is 25.7. The smallest absolute Gasteiger partial charge is 0.408 e. The fourth-order valence-corrected chi connectivity index (χ4v) is 5.60. The van der Waals surface area contributed by atoms with Gasteiger partial charge in [0.25, 0.3) is 0 Å². The third-order valence-electron chi connectivity index (χ3n) is 5.47. The minimum Gasteiger partial charge on any atom is -0.465 e. The number of aliphatic hydroxyl groups excluding tert-OH is 1. The molecule has 0 aliphatic heterocycles. The second-order valence-electron chi connectivity index (χ2n) is 9.93. The quantitative estimate of drug-likeness (QED) is 0.436. The van der Waals surface area contributed by atoms with Crippen molar-refractivity contribution in [1.82, 2.24) is 9.21 Å². The first-order valence-corrected chi connectivity index (χ1v) is 12.8. The molecule has 0 saturated carbocycles. The van der Waals surface area contributed by atoms with Gasteiger partial charge in [-0.15, -0.1) is 0 Å². The first-order valence-electron chi connectivity index (χ1n) is 11.3. The van der Waals surface area contributed by atoms with Gasteiger partial charge in [0, 0.05) is 24.3 Å². The molecule has 2 aromatic rings. The Labute approximate surface area is 203 Å². The summed E-state index contributed by atoms with van der Waals surface area (Å²) in [7, 11) is -3.94. The van der Waals surface area contributed by atoms with Crippen LogP contribution in [0.15, 0.2) is 59.5 Å². The molecule has 0 fully saturated rings. The Bertz CT molecular complexity index is 1030. The predicted molar refractivity (Wildman–Crippen MR) is 134 cm³/mol. The number of nitrogen functional groups attached to an aromatic ring is 1. The molecule has 2 aromatic carbocycles.